The maximum absolute atomic E-state index is 13.7. The second-order valence-corrected chi connectivity index (χ2v) is 7.50. The Hall–Kier alpha value is -2.76. The lowest BCUT2D eigenvalue weighted by Crippen LogP contribution is -2.31. The molecular formula is C23H25F3N2O. The molecule has 1 heterocycles. The minimum atomic E-state index is -4.50. The lowest BCUT2D eigenvalue weighted by Gasteiger charge is -2.22. The van der Waals surface area contributed by atoms with Crippen molar-refractivity contribution in [3.05, 3.63) is 70.9 Å². The summed E-state index contributed by atoms with van der Waals surface area (Å²) < 4.78 is 41.2. The monoisotopic (exact) mass is 402 g/mol. The van der Waals surface area contributed by atoms with Gasteiger partial charge in [0.05, 0.1) is 5.56 Å². The minimum Gasteiger partial charge on any atom is -0.361 e. The number of hydrogen-bond donors (Lipinski definition) is 2. The second-order valence-electron chi connectivity index (χ2n) is 7.50. The van der Waals surface area contributed by atoms with Crippen LogP contribution in [0.5, 0.6) is 0 Å². The van der Waals surface area contributed by atoms with Gasteiger partial charge in [-0.25, -0.2) is 0 Å². The molecule has 6 heteroatoms. The topological polar surface area (TPSA) is 44.9 Å². The van der Waals surface area contributed by atoms with Gasteiger partial charge in [0.15, 0.2) is 0 Å². The summed E-state index contributed by atoms with van der Waals surface area (Å²) in [7, 11) is 0. The van der Waals surface area contributed by atoms with E-state index in [-0.39, 0.29) is 23.9 Å². The number of nitrogens with one attached hydrogen (secondary N) is 2. The van der Waals surface area contributed by atoms with Gasteiger partial charge in [0.2, 0.25) is 5.91 Å². The van der Waals surface area contributed by atoms with Gasteiger partial charge in [0.1, 0.15) is 0 Å². The number of amides is 1. The zero-order valence-electron chi connectivity index (χ0n) is 16.7. The number of carbonyl (C=O) groups is 1. The third kappa shape index (κ3) is 4.47. The summed E-state index contributed by atoms with van der Waals surface area (Å²) in [5, 5.41) is 3.65. The fraction of sp³-hybridized carbons (Fsp3) is 0.348. The summed E-state index contributed by atoms with van der Waals surface area (Å²) in [4.78, 5) is 15.8. The lowest BCUT2D eigenvalue weighted by atomic mass is 9.84. The van der Waals surface area contributed by atoms with E-state index in [9.17, 15) is 18.0 Å². The third-order valence-corrected chi connectivity index (χ3v) is 5.07. The number of hydrogen-bond acceptors (Lipinski definition) is 1. The summed E-state index contributed by atoms with van der Waals surface area (Å²) in [6.07, 6.45) is -2.02. The van der Waals surface area contributed by atoms with E-state index < -0.39 is 17.7 Å². The molecule has 0 aliphatic rings. The number of aryl methyl sites for hydroxylation is 1. The maximum Gasteiger partial charge on any atom is 0.416 e. The Morgan fingerprint density at radius 1 is 1.07 bits per heavy atom. The Morgan fingerprint density at radius 3 is 2.45 bits per heavy atom. The molecule has 0 spiro atoms. The highest BCUT2D eigenvalue weighted by Crippen LogP contribution is 2.41. The van der Waals surface area contributed by atoms with Crippen LogP contribution in [0, 0.1) is 0 Å². The van der Waals surface area contributed by atoms with Crippen molar-refractivity contribution in [3.63, 3.8) is 0 Å². The van der Waals surface area contributed by atoms with Crippen LogP contribution >= 0.6 is 0 Å². The summed E-state index contributed by atoms with van der Waals surface area (Å²) in [5.74, 6) is -0.990. The molecular weight excluding hydrogens is 377 g/mol. The number of halogens is 3. The van der Waals surface area contributed by atoms with E-state index in [0.29, 0.717) is 5.56 Å². The Kier molecular flexibility index (Phi) is 6.01. The van der Waals surface area contributed by atoms with Crippen LogP contribution in [-0.4, -0.2) is 16.9 Å². The Bertz CT molecular complexity index is 1000. The average molecular weight is 402 g/mol. The van der Waals surface area contributed by atoms with Crippen LogP contribution < -0.4 is 5.32 Å². The van der Waals surface area contributed by atoms with E-state index in [1.54, 1.807) is 12.3 Å². The summed E-state index contributed by atoms with van der Waals surface area (Å²) in [6, 6.07) is 11.2. The van der Waals surface area contributed by atoms with E-state index in [2.05, 4.69) is 10.3 Å². The average Bonchev–Trinajstić information content (AvgIpc) is 3.09. The SMILES string of the molecule is CCc1cccc2c([C@@H](CC(=O)NC(C)C)c3ccccc3C(F)(F)F)c[nH]c12. The molecule has 154 valence electrons. The molecule has 0 unspecified atom stereocenters. The number of rotatable bonds is 6. The largest absolute Gasteiger partial charge is 0.416 e. The fourth-order valence-corrected chi connectivity index (χ4v) is 3.83. The van der Waals surface area contributed by atoms with Crippen molar-refractivity contribution in [2.45, 2.75) is 51.7 Å². The van der Waals surface area contributed by atoms with E-state index in [1.807, 2.05) is 39.0 Å². The van der Waals surface area contributed by atoms with Gasteiger partial charge in [-0.15, -0.1) is 0 Å². The lowest BCUT2D eigenvalue weighted by molar-refractivity contribution is -0.138. The van der Waals surface area contributed by atoms with Crippen LogP contribution in [0.2, 0.25) is 0 Å². The number of H-pyrrole nitrogens is 1. The number of alkyl halides is 3. The zero-order valence-corrected chi connectivity index (χ0v) is 16.7. The van der Waals surface area contributed by atoms with Crippen molar-refractivity contribution in [3.8, 4) is 0 Å². The zero-order chi connectivity index (χ0) is 21.2. The molecule has 2 N–H and O–H groups in total. The van der Waals surface area contributed by atoms with Crippen LogP contribution in [-0.2, 0) is 17.4 Å². The smallest absolute Gasteiger partial charge is 0.361 e. The standard InChI is InChI=1S/C23H25F3N2O/c1-4-15-8-7-10-17-19(13-27-22(15)17)18(12-21(29)28-14(2)3)16-9-5-6-11-20(16)23(24,25)26/h5-11,13-14,18,27H,4,12H2,1-3H3,(H,28,29)/t18-/m0/s1. The van der Waals surface area contributed by atoms with E-state index in [4.69, 9.17) is 0 Å². The van der Waals surface area contributed by atoms with Crippen molar-refractivity contribution in [2.75, 3.05) is 0 Å². The van der Waals surface area contributed by atoms with Crippen molar-refractivity contribution in [1.29, 1.82) is 0 Å². The molecule has 0 saturated carbocycles. The number of carbonyl (C=O) groups excluding carboxylic acids is 1. The molecule has 0 radical (unpaired) electrons. The molecule has 0 aliphatic carbocycles. The van der Waals surface area contributed by atoms with E-state index >= 15 is 0 Å². The highest BCUT2D eigenvalue weighted by atomic mass is 19.4. The van der Waals surface area contributed by atoms with Gasteiger partial charge in [0.25, 0.3) is 0 Å². The number of fused-ring (bicyclic) bond motifs is 1. The first-order chi connectivity index (χ1) is 13.7. The summed E-state index contributed by atoms with van der Waals surface area (Å²) >= 11 is 0. The van der Waals surface area contributed by atoms with Crippen molar-refractivity contribution in [2.24, 2.45) is 0 Å². The third-order valence-electron chi connectivity index (χ3n) is 5.07. The molecule has 3 aromatic rings. The van der Waals surface area contributed by atoms with Gasteiger partial charge in [-0.1, -0.05) is 43.3 Å². The summed E-state index contributed by atoms with van der Waals surface area (Å²) in [5.41, 5.74) is 2.10. The Labute approximate surface area is 168 Å². The van der Waals surface area contributed by atoms with E-state index in [1.165, 1.54) is 12.1 Å². The molecule has 0 aliphatic heterocycles. The normalized spacial score (nSPS) is 13.1. The maximum atomic E-state index is 13.7. The predicted octanol–water partition coefficient (Wildman–Crippen LogP) is 5.80. The highest BCUT2D eigenvalue weighted by molar-refractivity contribution is 5.88. The molecule has 1 atom stereocenters. The molecule has 29 heavy (non-hydrogen) atoms. The van der Waals surface area contributed by atoms with Crippen molar-refractivity contribution in [1.82, 2.24) is 10.3 Å². The van der Waals surface area contributed by atoms with Crippen molar-refractivity contribution >= 4 is 16.8 Å². The van der Waals surface area contributed by atoms with Gasteiger partial charge in [-0.2, -0.15) is 13.2 Å². The van der Waals surface area contributed by atoms with Gasteiger partial charge >= 0.3 is 6.18 Å². The van der Waals surface area contributed by atoms with Crippen LogP contribution in [0.1, 0.15) is 55.4 Å². The fourth-order valence-electron chi connectivity index (χ4n) is 3.83. The first-order valence-electron chi connectivity index (χ1n) is 9.76. The molecule has 1 amide bonds. The Balaban J connectivity index is 2.17. The molecule has 3 nitrogen and oxygen atoms in total. The molecule has 1 aromatic heterocycles. The Morgan fingerprint density at radius 2 is 1.79 bits per heavy atom. The van der Waals surface area contributed by atoms with Crippen LogP contribution in [0.3, 0.4) is 0 Å². The highest BCUT2D eigenvalue weighted by Gasteiger charge is 2.36. The molecule has 0 bridgehead atoms. The number of benzene rings is 2. The first kappa shape index (κ1) is 21.0. The molecule has 0 saturated heterocycles. The minimum absolute atomic E-state index is 0.0609. The number of aromatic nitrogens is 1. The molecule has 0 fully saturated rings. The van der Waals surface area contributed by atoms with Crippen LogP contribution in [0.4, 0.5) is 13.2 Å². The van der Waals surface area contributed by atoms with Gasteiger partial charge in [-0.05, 0) is 43.0 Å². The van der Waals surface area contributed by atoms with Gasteiger partial charge in [0, 0.05) is 35.5 Å². The number of para-hydroxylation sites is 1. The molecule has 3 rings (SSSR count). The van der Waals surface area contributed by atoms with Crippen LogP contribution in [0.25, 0.3) is 10.9 Å². The van der Waals surface area contributed by atoms with E-state index in [0.717, 1.165) is 29.0 Å². The molecule has 2 aromatic carbocycles. The first-order valence-corrected chi connectivity index (χ1v) is 9.76. The van der Waals surface area contributed by atoms with Gasteiger partial charge in [-0.3, -0.25) is 4.79 Å². The van der Waals surface area contributed by atoms with Crippen LogP contribution in [0.15, 0.2) is 48.7 Å². The van der Waals surface area contributed by atoms with Crippen molar-refractivity contribution < 1.29 is 18.0 Å². The van der Waals surface area contributed by atoms with Gasteiger partial charge < -0.3 is 10.3 Å². The number of aromatic amines is 1. The quantitative estimate of drug-likeness (QED) is 0.538. The predicted molar refractivity (Wildman–Crippen MR) is 109 cm³/mol. The summed E-state index contributed by atoms with van der Waals surface area (Å²) in [6.45, 7) is 5.69. The second kappa shape index (κ2) is 8.31.